The lowest BCUT2D eigenvalue weighted by Gasteiger charge is -2.27. The Bertz CT molecular complexity index is 826. The summed E-state index contributed by atoms with van der Waals surface area (Å²) in [4.78, 5) is 22.0. The van der Waals surface area contributed by atoms with Gasteiger partial charge in [-0.25, -0.2) is 13.4 Å². The first-order valence-electron chi connectivity index (χ1n) is 7.38. The Morgan fingerprint density at radius 3 is 2.86 bits per heavy atom. The molecular formula is C15H19N3O3S. The van der Waals surface area contributed by atoms with Crippen LogP contribution in [0.15, 0.2) is 18.2 Å². The molecule has 1 unspecified atom stereocenters. The zero-order valence-electron chi connectivity index (χ0n) is 12.7. The maximum atomic E-state index is 12.9. The summed E-state index contributed by atoms with van der Waals surface area (Å²) in [6.45, 7) is 4.20. The van der Waals surface area contributed by atoms with Gasteiger partial charge in [-0.2, -0.15) is 0 Å². The Labute approximate surface area is 129 Å². The number of hydrogen-bond donors (Lipinski definition) is 1. The number of hydrogen-bond acceptors (Lipinski definition) is 4. The van der Waals surface area contributed by atoms with Gasteiger partial charge in [-0.3, -0.25) is 4.79 Å². The molecule has 0 aliphatic carbocycles. The third-order valence-electron chi connectivity index (χ3n) is 4.11. The highest BCUT2D eigenvalue weighted by atomic mass is 32.2. The van der Waals surface area contributed by atoms with Gasteiger partial charge in [0.2, 0.25) is 0 Å². The summed E-state index contributed by atoms with van der Waals surface area (Å²) in [5.74, 6) is 0.818. The van der Waals surface area contributed by atoms with Crippen LogP contribution in [0.2, 0.25) is 0 Å². The summed E-state index contributed by atoms with van der Waals surface area (Å²) in [5, 5.41) is 0. The van der Waals surface area contributed by atoms with Crippen molar-refractivity contribution in [1.82, 2.24) is 14.9 Å². The van der Waals surface area contributed by atoms with Gasteiger partial charge in [-0.05, 0) is 32.4 Å². The number of carbonyl (C=O) groups is 1. The van der Waals surface area contributed by atoms with Gasteiger partial charge in [-0.15, -0.1) is 0 Å². The van der Waals surface area contributed by atoms with Gasteiger partial charge >= 0.3 is 0 Å². The molecule has 2 aromatic rings. The van der Waals surface area contributed by atoms with Crippen LogP contribution in [-0.2, 0) is 9.84 Å². The maximum Gasteiger partial charge on any atom is 0.256 e. The fraction of sp³-hybridized carbons (Fsp3) is 0.467. The number of para-hydroxylation sites is 1. The van der Waals surface area contributed by atoms with Crippen molar-refractivity contribution in [2.75, 3.05) is 18.1 Å². The predicted molar refractivity (Wildman–Crippen MR) is 84.6 cm³/mol. The second-order valence-electron chi connectivity index (χ2n) is 5.67. The molecule has 0 radical (unpaired) electrons. The molecule has 1 saturated heterocycles. The van der Waals surface area contributed by atoms with E-state index in [1.807, 2.05) is 26.0 Å². The molecule has 1 aliphatic rings. The van der Waals surface area contributed by atoms with E-state index in [1.165, 1.54) is 0 Å². The number of H-pyrrole nitrogens is 1. The smallest absolute Gasteiger partial charge is 0.256 e. The number of rotatable bonds is 3. The lowest BCUT2D eigenvalue weighted by molar-refractivity contribution is 0.0710. The van der Waals surface area contributed by atoms with E-state index in [0.29, 0.717) is 24.0 Å². The van der Waals surface area contributed by atoms with Gasteiger partial charge < -0.3 is 9.88 Å². The average molecular weight is 321 g/mol. The minimum atomic E-state index is -3.02. The number of nitrogens with one attached hydrogen (secondary N) is 1. The first-order chi connectivity index (χ1) is 10.4. The summed E-state index contributed by atoms with van der Waals surface area (Å²) in [7, 11) is -3.02. The lowest BCUT2D eigenvalue weighted by Crippen LogP contribution is -2.41. The van der Waals surface area contributed by atoms with Crippen LogP contribution in [0.4, 0.5) is 0 Å². The Morgan fingerprint density at radius 1 is 1.45 bits per heavy atom. The largest absolute Gasteiger partial charge is 0.342 e. The van der Waals surface area contributed by atoms with E-state index in [4.69, 9.17) is 0 Å². The Kier molecular flexibility index (Phi) is 3.68. The average Bonchev–Trinajstić information content (AvgIpc) is 3.00. The number of fused-ring (bicyclic) bond motifs is 1. The first kappa shape index (κ1) is 15.0. The number of benzene rings is 1. The summed E-state index contributed by atoms with van der Waals surface area (Å²) in [6, 6.07) is 5.20. The molecule has 1 aromatic carbocycles. The predicted octanol–water partition coefficient (Wildman–Crippen LogP) is 1.52. The standard InChI is InChI=1S/C15H19N3O3S/c1-3-18(11-7-8-22(20,21)9-11)15(19)12-5-4-6-13-14(12)17-10(2)16-13/h4-6,11H,3,7-9H2,1-2H3,(H,16,17). The van der Waals surface area contributed by atoms with Gasteiger partial charge in [-0.1, -0.05) is 6.07 Å². The molecule has 2 heterocycles. The first-order valence-corrected chi connectivity index (χ1v) is 9.20. The minimum absolute atomic E-state index is 0.0577. The summed E-state index contributed by atoms with van der Waals surface area (Å²) in [6.07, 6.45) is 0.511. The third-order valence-corrected chi connectivity index (χ3v) is 5.86. The van der Waals surface area contributed by atoms with Crippen LogP contribution >= 0.6 is 0 Å². The second-order valence-corrected chi connectivity index (χ2v) is 7.90. The summed E-state index contributed by atoms with van der Waals surface area (Å²) >= 11 is 0. The molecule has 1 N–H and O–H groups in total. The van der Waals surface area contributed by atoms with E-state index in [2.05, 4.69) is 9.97 Å². The van der Waals surface area contributed by atoms with E-state index in [0.717, 1.165) is 11.3 Å². The summed E-state index contributed by atoms with van der Waals surface area (Å²) in [5.41, 5.74) is 1.98. The van der Waals surface area contributed by atoms with Crippen molar-refractivity contribution in [3.05, 3.63) is 29.6 Å². The van der Waals surface area contributed by atoms with Gasteiger partial charge in [0.15, 0.2) is 9.84 Å². The molecule has 0 bridgehead atoms. The van der Waals surface area contributed by atoms with Crippen LogP contribution < -0.4 is 0 Å². The molecule has 118 valence electrons. The molecule has 1 fully saturated rings. The molecule has 6 nitrogen and oxygen atoms in total. The molecule has 1 atom stereocenters. The number of aryl methyl sites for hydroxylation is 1. The SMILES string of the molecule is CCN(C(=O)c1cccc2[nH]c(C)nc12)C1CCS(=O)(=O)C1. The molecule has 22 heavy (non-hydrogen) atoms. The highest BCUT2D eigenvalue weighted by Crippen LogP contribution is 2.23. The Morgan fingerprint density at radius 2 is 2.23 bits per heavy atom. The van der Waals surface area contributed by atoms with Crippen LogP contribution in [0.1, 0.15) is 29.5 Å². The zero-order chi connectivity index (χ0) is 15.9. The number of amides is 1. The number of sulfone groups is 1. The van der Waals surface area contributed by atoms with Crippen molar-refractivity contribution in [2.24, 2.45) is 0 Å². The molecular weight excluding hydrogens is 302 g/mol. The monoisotopic (exact) mass is 321 g/mol. The number of nitrogens with zero attached hydrogens (tertiary/aromatic N) is 2. The van der Waals surface area contributed by atoms with Crippen molar-refractivity contribution in [1.29, 1.82) is 0 Å². The molecule has 0 saturated carbocycles. The zero-order valence-corrected chi connectivity index (χ0v) is 13.5. The van der Waals surface area contributed by atoms with Crippen molar-refractivity contribution in [3.8, 4) is 0 Å². The van der Waals surface area contributed by atoms with Crippen molar-refractivity contribution in [3.63, 3.8) is 0 Å². The molecule has 1 aliphatic heterocycles. The lowest BCUT2D eigenvalue weighted by atomic mass is 10.1. The van der Waals surface area contributed by atoms with E-state index >= 15 is 0 Å². The van der Waals surface area contributed by atoms with Crippen molar-refractivity contribution in [2.45, 2.75) is 26.3 Å². The fourth-order valence-electron chi connectivity index (χ4n) is 3.07. The highest BCUT2D eigenvalue weighted by Gasteiger charge is 2.34. The van der Waals surface area contributed by atoms with E-state index in [-0.39, 0.29) is 23.5 Å². The van der Waals surface area contributed by atoms with Gasteiger partial charge in [0.1, 0.15) is 11.3 Å². The number of aromatic nitrogens is 2. The third kappa shape index (κ3) is 2.61. The van der Waals surface area contributed by atoms with Crippen LogP contribution in [0.5, 0.6) is 0 Å². The van der Waals surface area contributed by atoms with Gasteiger partial charge in [0.05, 0.1) is 22.6 Å². The molecule has 1 amide bonds. The quantitative estimate of drug-likeness (QED) is 0.929. The second kappa shape index (κ2) is 5.39. The molecule has 7 heteroatoms. The van der Waals surface area contributed by atoms with Crippen molar-refractivity contribution >= 4 is 26.8 Å². The topological polar surface area (TPSA) is 83.1 Å². The van der Waals surface area contributed by atoms with Crippen LogP contribution in [0, 0.1) is 6.92 Å². The fourth-order valence-corrected chi connectivity index (χ4v) is 4.80. The van der Waals surface area contributed by atoms with E-state index < -0.39 is 9.84 Å². The van der Waals surface area contributed by atoms with Crippen LogP contribution in [0.3, 0.4) is 0 Å². The minimum Gasteiger partial charge on any atom is -0.342 e. The highest BCUT2D eigenvalue weighted by molar-refractivity contribution is 7.91. The number of imidazole rings is 1. The van der Waals surface area contributed by atoms with Crippen LogP contribution in [-0.4, -0.2) is 53.3 Å². The molecule has 1 aromatic heterocycles. The van der Waals surface area contributed by atoms with E-state index in [1.54, 1.807) is 11.0 Å². The van der Waals surface area contributed by atoms with Gasteiger partial charge in [0.25, 0.3) is 5.91 Å². The van der Waals surface area contributed by atoms with E-state index in [9.17, 15) is 13.2 Å². The normalized spacial score (nSPS) is 20.4. The number of carbonyl (C=O) groups excluding carboxylic acids is 1. The Balaban J connectivity index is 1.97. The Hall–Kier alpha value is -1.89. The maximum absolute atomic E-state index is 12.9. The van der Waals surface area contributed by atoms with Crippen molar-refractivity contribution < 1.29 is 13.2 Å². The van der Waals surface area contributed by atoms with Gasteiger partial charge in [0, 0.05) is 12.6 Å². The van der Waals surface area contributed by atoms with Crippen LogP contribution in [0.25, 0.3) is 11.0 Å². The number of aromatic amines is 1. The molecule has 3 rings (SSSR count). The summed E-state index contributed by atoms with van der Waals surface area (Å²) < 4.78 is 23.4. The molecule has 0 spiro atoms.